The van der Waals surface area contributed by atoms with E-state index in [9.17, 15) is 24.9 Å². The lowest BCUT2D eigenvalue weighted by molar-refractivity contribution is -0.119. The van der Waals surface area contributed by atoms with Crippen molar-refractivity contribution in [2.24, 2.45) is 0 Å². The Morgan fingerprint density at radius 3 is 2.80 bits per heavy atom. The van der Waals surface area contributed by atoms with E-state index in [0.29, 0.717) is 5.56 Å². The summed E-state index contributed by atoms with van der Waals surface area (Å²) in [7, 11) is 0. The Kier molecular flexibility index (Phi) is 4.47. The monoisotopic (exact) mass is 353 g/mol. The lowest BCUT2D eigenvalue weighted by Gasteiger charge is -2.17. The molecular weight excluding hydrogens is 334 g/mol. The number of amides is 1. The van der Waals surface area contributed by atoms with E-state index >= 15 is 0 Å². The van der Waals surface area contributed by atoms with Crippen LogP contribution in [0.3, 0.4) is 0 Å². The minimum atomic E-state index is -1.34. The molecule has 3 heterocycles. The van der Waals surface area contributed by atoms with Gasteiger partial charge in [-0.25, -0.2) is 0 Å². The number of aromatic amines is 1. The number of nitrogens with two attached hydrogens (primary N) is 1. The van der Waals surface area contributed by atoms with Gasteiger partial charge in [0.25, 0.3) is 5.56 Å². The van der Waals surface area contributed by atoms with Crippen LogP contribution in [-0.4, -0.2) is 60.7 Å². The fourth-order valence-electron chi connectivity index (χ4n) is 2.91. The van der Waals surface area contributed by atoms with Gasteiger partial charge in [-0.15, -0.1) is 0 Å². The number of rotatable bonds is 4. The van der Waals surface area contributed by atoms with Gasteiger partial charge in [-0.1, -0.05) is 0 Å². The number of nitrogen functional groups attached to an aromatic ring is 1. The highest BCUT2D eigenvalue weighted by Crippen LogP contribution is 2.32. The molecular formula is C14H19N5O6. The number of hydrogen-bond donors (Lipinski definition) is 6. The van der Waals surface area contributed by atoms with E-state index in [1.807, 2.05) is 0 Å². The number of hydrogen-bond acceptors (Lipinski definition) is 8. The molecule has 1 aliphatic heterocycles. The van der Waals surface area contributed by atoms with Gasteiger partial charge < -0.3 is 35.7 Å². The molecule has 2 aromatic rings. The van der Waals surface area contributed by atoms with Gasteiger partial charge in [-0.05, 0) is 0 Å². The molecule has 1 saturated heterocycles. The summed E-state index contributed by atoms with van der Waals surface area (Å²) in [6.07, 6.45) is -3.21. The molecule has 0 saturated carbocycles. The van der Waals surface area contributed by atoms with Crippen molar-refractivity contribution in [2.75, 3.05) is 12.3 Å². The SMILES string of the molecule is CC(=O)NCc1cn([C@@H]2O[C@H](CO)[C@@H](O)[C@H]2O)c2nc(N)[nH]c(=O)c12. The Labute approximate surface area is 141 Å². The number of aliphatic hydroxyl groups excluding tert-OH is 3. The molecule has 25 heavy (non-hydrogen) atoms. The first-order valence-electron chi connectivity index (χ1n) is 7.59. The number of nitrogens with one attached hydrogen (secondary N) is 2. The fraction of sp³-hybridized carbons (Fsp3) is 0.500. The Morgan fingerprint density at radius 1 is 1.48 bits per heavy atom. The number of aromatic nitrogens is 3. The molecule has 1 aliphatic rings. The third kappa shape index (κ3) is 2.98. The topological polar surface area (TPSA) is 176 Å². The first-order valence-corrected chi connectivity index (χ1v) is 7.59. The van der Waals surface area contributed by atoms with Crippen LogP contribution in [0.5, 0.6) is 0 Å². The van der Waals surface area contributed by atoms with Gasteiger partial charge in [-0.3, -0.25) is 14.6 Å². The lowest BCUT2D eigenvalue weighted by Crippen LogP contribution is -2.33. The Morgan fingerprint density at radius 2 is 2.20 bits per heavy atom. The third-order valence-corrected chi connectivity index (χ3v) is 4.10. The molecule has 0 radical (unpaired) electrons. The summed E-state index contributed by atoms with van der Waals surface area (Å²) in [5, 5.41) is 32.1. The van der Waals surface area contributed by atoms with Crippen LogP contribution in [0.25, 0.3) is 11.0 Å². The van der Waals surface area contributed by atoms with Crippen LogP contribution in [0.1, 0.15) is 18.7 Å². The minimum Gasteiger partial charge on any atom is -0.394 e. The second-order valence-corrected chi connectivity index (χ2v) is 5.85. The van der Waals surface area contributed by atoms with Gasteiger partial charge in [-0.2, -0.15) is 4.98 Å². The van der Waals surface area contributed by atoms with Crippen LogP contribution in [-0.2, 0) is 16.1 Å². The predicted octanol–water partition coefficient (Wildman–Crippen LogP) is -2.45. The molecule has 0 unspecified atom stereocenters. The normalized spacial score (nSPS) is 26.2. The van der Waals surface area contributed by atoms with Crippen molar-refractivity contribution in [3.63, 3.8) is 0 Å². The summed E-state index contributed by atoms with van der Waals surface area (Å²) in [6.45, 7) is 0.914. The minimum absolute atomic E-state index is 0.0578. The van der Waals surface area contributed by atoms with Crippen molar-refractivity contribution >= 4 is 22.9 Å². The summed E-state index contributed by atoms with van der Waals surface area (Å²) >= 11 is 0. The van der Waals surface area contributed by atoms with Gasteiger partial charge in [0.1, 0.15) is 18.3 Å². The molecule has 3 rings (SSSR count). The van der Waals surface area contributed by atoms with Gasteiger partial charge >= 0.3 is 0 Å². The molecule has 4 atom stereocenters. The summed E-state index contributed by atoms with van der Waals surface area (Å²) in [4.78, 5) is 29.9. The number of carbonyl (C=O) groups excluding carboxylic acids is 1. The largest absolute Gasteiger partial charge is 0.394 e. The van der Waals surface area contributed by atoms with Crippen LogP contribution < -0.4 is 16.6 Å². The number of H-pyrrole nitrogens is 1. The van der Waals surface area contributed by atoms with Gasteiger partial charge in [0.15, 0.2) is 11.9 Å². The molecule has 11 nitrogen and oxygen atoms in total. The zero-order valence-corrected chi connectivity index (χ0v) is 13.3. The van der Waals surface area contributed by atoms with Crippen LogP contribution in [0, 0.1) is 0 Å². The van der Waals surface area contributed by atoms with Crippen LogP contribution in [0.15, 0.2) is 11.0 Å². The van der Waals surface area contributed by atoms with Crippen molar-refractivity contribution in [1.29, 1.82) is 0 Å². The second-order valence-electron chi connectivity index (χ2n) is 5.85. The highest BCUT2D eigenvalue weighted by Gasteiger charge is 2.44. The first-order chi connectivity index (χ1) is 11.8. The predicted molar refractivity (Wildman–Crippen MR) is 85.3 cm³/mol. The van der Waals surface area contributed by atoms with E-state index in [1.54, 1.807) is 0 Å². The highest BCUT2D eigenvalue weighted by atomic mass is 16.6. The van der Waals surface area contributed by atoms with E-state index < -0.39 is 36.7 Å². The molecule has 11 heteroatoms. The summed E-state index contributed by atoms with van der Waals surface area (Å²) in [5.74, 6) is -0.414. The average molecular weight is 353 g/mol. The summed E-state index contributed by atoms with van der Waals surface area (Å²) in [6, 6.07) is 0. The molecule has 1 amide bonds. The van der Waals surface area contributed by atoms with Crippen LogP contribution >= 0.6 is 0 Å². The zero-order valence-electron chi connectivity index (χ0n) is 13.3. The van der Waals surface area contributed by atoms with Crippen LogP contribution in [0.4, 0.5) is 5.95 Å². The van der Waals surface area contributed by atoms with Crippen molar-refractivity contribution < 1.29 is 24.9 Å². The van der Waals surface area contributed by atoms with Gasteiger partial charge in [0, 0.05) is 25.2 Å². The Bertz CT molecular complexity index is 861. The molecule has 1 fully saturated rings. The molecule has 0 spiro atoms. The molecule has 136 valence electrons. The number of ether oxygens (including phenoxy) is 1. The van der Waals surface area contributed by atoms with Gasteiger partial charge in [0.2, 0.25) is 11.9 Å². The molecule has 0 aliphatic carbocycles. The molecule has 0 aromatic carbocycles. The maximum atomic E-state index is 12.3. The fourth-order valence-corrected chi connectivity index (χ4v) is 2.91. The molecule has 2 aromatic heterocycles. The van der Waals surface area contributed by atoms with Crippen molar-refractivity contribution in [3.05, 3.63) is 22.1 Å². The average Bonchev–Trinajstić information content (AvgIpc) is 3.04. The lowest BCUT2D eigenvalue weighted by atomic mass is 10.1. The van der Waals surface area contributed by atoms with E-state index in [1.165, 1.54) is 17.7 Å². The van der Waals surface area contributed by atoms with E-state index in [2.05, 4.69) is 15.3 Å². The van der Waals surface area contributed by atoms with Crippen molar-refractivity contribution in [2.45, 2.75) is 38.0 Å². The van der Waals surface area contributed by atoms with Crippen molar-refractivity contribution in [1.82, 2.24) is 19.9 Å². The number of aliphatic hydroxyl groups is 3. The van der Waals surface area contributed by atoms with E-state index in [0.717, 1.165) is 0 Å². The van der Waals surface area contributed by atoms with Crippen LogP contribution in [0.2, 0.25) is 0 Å². The second kappa shape index (κ2) is 6.44. The standard InChI is InChI=1S/C14H19N5O6/c1-5(21)16-2-6-3-19(11-8(6)12(24)18-14(15)17-11)13-10(23)9(22)7(4-20)25-13/h3,7,9-10,13,20,22-23H,2,4H2,1H3,(H,16,21)(H3,15,17,18,24)/t7-,9-,10-,13-/m1/s1. The van der Waals surface area contributed by atoms with E-state index in [4.69, 9.17) is 10.5 Å². The van der Waals surface area contributed by atoms with E-state index in [-0.39, 0.29) is 29.4 Å². The number of carbonyl (C=O) groups is 1. The first kappa shape index (κ1) is 17.4. The Hall–Kier alpha value is -2.47. The smallest absolute Gasteiger partial charge is 0.262 e. The number of anilines is 1. The maximum absolute atomic E-state index is 12.3. The highest BCUT2D eigenvalue weighted by molar-refractivity contribution is 5.81. The molecule has 0 bridgehead atoms. The van der Waals surface area contributed by atoms with Crippen molar-refractivity contribution in [3.8, 4) is 0 Å². The number of fused-ring (bicyclic) bond motifs is 1. The third-order valence-electron chi connectivity index (χ3n) is 4.10. The maximum Gasteiger partial charge on any atom is 0.262 e. The quantitative estimate of drug-likeness (QED) is 0.351. The summed E-state index contributed by atoms with van der Waals surface area (Å²) in [5.41, 5.74) is 5.67. The van der Waals surface area contributed by atoms with Gasteiger partial charge in [0.05, 0.1) is 12.0 Å². The summed E-state index contributed by atoms with van der Waals surface area (Å²) < 4.78 is 6.84. The zero-order chi connectivity index (χ0) is 18.3. The number of nitrogens with zero attached hydrogens (tertiary/aromatic N) is 2. The molecule has 7 N–H and O–H groups in total. The Balaban J connectivity index is 2.12.